The van der Waals surface area contributed by atoms with Crippen LogP contribution in [0.15, 0.2) is 115 Å². The van der Waals surface area contributed by atoms with Crippen molar-refractivity contribution in [2.45, 2.75) is 49.8 Å². The van der Waals surface area contributed by atoms with Crippen molar-refractivity contribution in [3.8, 4) is 11.1 Å². The molecule has 4 aromatic carbocycles. The van der Waals surface area contributed by atoms with E-state index in [2.05, 4.69) is 45.1 Å². The zero-order valence-corrected chi connectivity index (χ0v) is 26.4. The first-order valence-electron chi connectivity index (χ1n) is 15.3. The Labute approximate surface area is 273 Å². The van der Waals surface area contributed by atoms with E-state index >= 15 is 0 Å². The highest BCUT2D eigenvalue weighted by Crippen LogP contribution is 2.39. The Bertz CT molecular complexity index is 1710. The molecule has 6 rings (SSSR count). The van der Waals surface area contributed by atoms with Crippen LogP contribution in [0.2, 0.25) is 0 Å². The number of hydrogen-bond acceptors (Lipinski definition) is 7. The lowest BCUT2D eigenvalue weighted by Crippen LogP contribution is -2.34. The monoisotopic (exact) mass is 635 g/mol. The molecule has 5 aromatic rings. The molecule has 1 saturated heterocycles. The van der Waals surface area contributed by atoms with Gasteiger partial charge >= 0.3 is 6.03 Å². The van der Waals surface area contributed by atoms with E-state index in [0.29, 0.717) is 25.3 Å². The summed E-state index contributed by atoms with van der Waals surface area (Å²) >= 11 is 1.61. The number of thioether (sulfide) groups is 1. The van der Waals surface area contributed by atoms with Gasteiger partial charge in [0, 0.05) is 37.9 Å². The van der Waals surface area contributed by atoms with Gasteiger partial charge in [-0.15, -0.1) is 10.2 Å². The van der Waals surface area contributed by atoms with Crippen LogP contribution in [0.4, 0.5) is 4.79 Å². The summed E-state index contributed by atoms with van der Waals surface area (Å²) in [5.74, 6) is 0.709. The van der Waals surface area contributed by atoms with Gasteiger partial charge in [0.1, 0.15) is 6.33 Å². The van der Waals surface area contributed by atoms with E-state index < -0.39 is 6.29 Å². The molecule has 1 aliphatic heterocycles. The normalized spacial score (nSPS) is 17.8. The second-order valence-electron chi connectivity index (χ2n) is 11.2. The molecule has 2 amide bonds. The Hall–Kier alpha value is -4.48. The SMILES string of the molecule is Cn1cnnc1SC[C@H]1C[C@@H](c2ccc(CO)cc2)O[C@@H](c2ccc(-c3cccc(CNC(=O)NCc4ccccc4)c3)cc2)O1. The smallest absolute Gasteiger partial charge is 0.315 e. The number of nitrogens with one attached hydrogen (secondary N) is 2. The van der Waals surface area contributed by atoms with E-state index in [1.54, 1.807) is 18.1 Å². The number of rotatable bonds is 11. The third kappa shape index (κ3) is 8.21. The van der Waals surface area contributed by atoms with Crippen LogP contribution in [0, 0.1) is 0 Å². The summed E-state index contributed by atoms with van der Waals surface area (Å²) in [5.41, 5.74) is 7.02. The Morgan fingerprint density at radius 3 is 2.28 bits per heavy atom. The highest BCUT2D eigenvalue weighted by molar-refractivity contribution is 7.99. The quantitative estimate of drug-likeness (QED) is 0.146. The van der Waals surface area contributed by atoms with Crippen molar-refractivity contribution >= 4 is 17.8 Å². The first-order valence-corrected chi connectivity index (χ1v) is 16.2. The van der Waals surface area contributed by atoms with E-state index in [1.165, 1.54) is 0 Å². The molecule has 0 bridgehead atoms. The van der Waals surface area contributed by atoms with Gasteiger partial charge in [-0.1, -0.05) is 109 Å². The number of aryl methyl sites for hydroxylation is 1. The Morgan fingerprint density at radius 2 is 1.57 bits per heavy atom. The summed E-state index contributed by atoms with van der Waals surface area (Å²) in [5, 5.41) is 24.4. The maximum atomic E-state index is 12.3. The average molecular weight is 636 g/mol. The number of aliphatic hydroxyl groups excluding tert-OH is 1. The number of ether oxygens (including phenoxy) is 2. The molecule has 1 aliphatic rings. The number of benzene rings is 4. The second kappa shape index (κ2) is 15.2. The Kier molecular flexibility index (Phi) is 10.4. The van der Waals surface area contributed by atoms with Gasteiger partial charge < -0.3 is 29.8 Å². The molecule has 1 fully saturated rings. The van der Waals surface area contributed by atoms with Gasteiger partial charge in [0.05, 0.1) is 18.8 Å². The molecule has 1 aromatic heterocycles. The molecule has 0 saturated carbocycles. The molecule has 2 heterocycles. The summed E-state index contributed by atoms with van der Waals surface area (Å²) in [6, 6.07) is 33.9. The molecule has 0 spiro atoms. The molecule has 0 aliphatic carbocycles. The first-order chi connectivity index (χ1) is 22.5. The molecule has 9 nitrogen and oxygen atoms in total. The lowest BCUT2D eigenvalue weighted by molar-refractivity contribution is -0.245. The van der Waals surface area contributed by atoms with Gasteiger partial charge in [0.25, 0.3) is 0 Å². The van der Waals surface area contributed by atoms with E-state index in [1.807, 2.05) is 90.5 Å². The van der Waals surface area contributed by atoms with Gasteiger partial charge in [0.15, 0.2) is 11.4 Å². The van der Waals surface area contributed by atoms with Crippen molar-refractivity contribution < 1.29 is 19.4 Å². The van der Waals surface area contributed by atoms with Gasteiger partial charge in [0.2, 0.25) is 0 Å². The Morgan fingerprint density at radius 1 is 0.848 bits per heavy atom. The molecule has 3 atom stereocenters. The fourth-order valence-corrected chi connectivity index (χ4v) is 6.22. The number of carbonyl (C=O) groups excluding carboxylic acids is 1. The lowest BCUT2D eigenvalue weighted by atomic mass is 9.99. The summed E-state index contributed by atoms with van der Waals surface area (Å²) < 4.78 is 14.9. The van der Waals surface area contributed by atoms with Crippen LogP contribution in [-0.4, -0.2) is 37.8 Å². The maximum Gasteiger partial charge on any atom is 0.315 e. The van der Waals surface area contributed by atoms with Crippen molar-refractivity contribution in [3.63, 3.8) is 0 Å². The third-order valence-corrected chi connectivity index (χ3v) is 9.04. The number of amides is 2. The van der Waals surface area contributed by atoms with Crippen molar-refractivity contribution in [2.75, 3.05) is 5.75 Å². The highest BCUT2D eigenvalue weighted by atomic mass is 32.2. The third-order valence-electron chi connectivity index (χ3n) is 7.88. The van der Waals surface area contributed by atoms with Gasteiger partial charge in [-0.2, -0.15) is 0 Å². The number of aromatic nitrogens is 3. The molecular formula is C36H37N5O4S. The second-order valence-corrected chi connectivity index (χ2v) is 12.2. The molecule has 0 radical (unpaired) electrons. The number of nitrogens with zero attached hydrogens (tertiary/aromatic N) is 3. The number of urea groups is 1. The summed E-state index contributed by atoms with van der Waals surface area (Å²) in [6.07, 6.45) is 1.62. The van der Waals surface area contributed by atoms with Crippen molar-refractivity contribution in [2.24, 2.45) is 7.05 Å². The minimum atomic E-state index is -0.541. The fourth-order valence-electron chi connectivity index (χ4n) is 5.31. The first kappa shape index (κ1) is 31.5. The maximum absolute atomic E-state index is 12.3. The summed E-state index contributed by atoms with van der Waals surface area (Å²) in [6.45, 7) is 0.903. The minimum Gasteiger partial charge on any atom is -0.392 e. The van der Waals surface area contributed by atoms with E-state index in [0.717, 1.165) is 44.1 Å². The van der Waals surface area contributed by atoms with Gasteiger partial charge in [-0.05, 0) is 39.4 Å². The number of aliphatic hydroxyl groups is 1. The molecule has 3 N–H and O–H groups in total. The summed E-state index contributed by atoms with van der Waals surface area (Å²) in [4.78, 5) is 12.3. The minimum absolute atomic E-state index is 0.00433. The van der Waals surface area contributed by atoms with Crippen molar-refractivity contribution in [1.82, 2.24) is 25.4 Å². The molecule has 46 heavy (non-hydrogen) atoms. The molecular weight excluding hydrogens is 598 g/mol. The largest absolute Gasteiger partial charge is 0.392 e. The topological polar surface area (TPSA) is 111 Å². The van der Waals surface area contributed by atoms with Crippen LogP contribution in [0.5, 0.6) is 0 Å². The molecule has 10 heteroatoms. The lowest BCUT2D eigenvalue weighted by Gasteiger charge is -2.36. The van der Waals surface area contributed by atoms with Crippen LogP contribution < -0.4 is 10.6 Å². The van der Waals surface area contributed by atoms with Crippen molar-refractivity contribution in [3.05, 3.63) is 137 Å². The van der Waals surface area contributed by atoms with Gasteiger partial charge in [-0.3, -0.25) is 0 Å². The van der Waals surface area contributed by atoms with Crippen LogP contribution in [0.25, 0.3) is 11.1 Å². The number of carbonyl (C=O) groups is 1. The number of hydrogen-bond donors (Lipinski definition) is 3. The van der Waals surface area contributed by atoms with Crippen LogP contribution in [0.1, 0.15) is 46.6 Å². The fraction of sp³-hybridized carbons (Fsp3) is 0.250. The zero-order valence-electron chi connectivity index (χ0n) is 25.6. The van der Waals surface area contributed by atoms with Crippen LogP contribution >= 0.6 is 11.8 Å². The molecule has 0 unspecified atom stereocenters. The van der Waals surface area contributed by atoms with E-state index in [4.69, 9.17) is 9.47 Å². The van der Waals surface area contributed by atoms with Gasteiger partial charge in [-0.25, -0.2) is 4.79 Å². The highest BCUT2D eigenvalue weighted by Gasteiger charge is 2.32. The van der Waals surface area contributed by atoms with E-state index in [-0.39, 0.29) is 24.8 Å². The van der Waals surface area contributed by atoms with Crippen LogP contribution in [-0.2, 0) is 36.2 Å². The average Bonchev–Trinajstić information content (AvgIpc) is 3.53. The van der Waals surface area contributed by atoms with Crippen molar-refractivity contribution in [1.29, 1.82) is 0 Å². The zero-order chi connectivity index (χ0) is 31.7. The predicted octanol–water partition coefficient (Wildman–Crippen LogP) is 6.31. The standard InChI is InChI=1S/C36H37N5O4S/c1-41-24-39-40-36(41)46-23-32-19-33(29-12-10-26(22-42)11-13-29)45-34(44-32)30-16-14-28(15-17-30)31-9-5-8-27(18-31)21-38-35(43)37-20-25-6-3-2-4-7-25/h2-18,24,32-34,42H,19-23H2,1H3,(H2,37,38,43)/t32-,33+,34+/m1/s1. The summed E-state index contributed by atoms with van der Waals surface area (Å²) in [7, 11) is 1.93. The predicted molar refractivity (Wildman–Crippen MR) is 178 cm³/mol. The van der Waals surface area contributed by atoms with E-state index in [9.17, 15) is 9.90 Å². The Balaban J connectivity index is 1.11. The molecule has 236 valence electrons. The van der Waals surface area contributed by atoms with Crippen LogP contribution in [0.3, 0.4) is 0 Å².